The molecule has 0 aliphatic heterocycles. The summed E-state index contributed by atoms with van der Waals surface area (Å²) in [7, 11) is 0. The van der Waals surface area contributed by atoms with Gasteiger partial charge in [-0.05, 0) is 44.4 Å². The third kappa shape index (κ3) is 4.21. The van der Waals surface area contributed by atoms with E-state index in [-0.39, 0.29) is 0 Å². The molecule has 1 nitrogen and oxygen atoms in total. The lowest BCUT2D eigenvalue weighted by molar-refractivity contribution is 0.515. The van der Waals surface area contributed by atoms with E-state index >= 15 is 0 Å². The fourth-order valence-corrected chi connectivity index (χ4v) is 2.59. The van der Waals surface area contributed by atoms with Gasteiger partial charge in [0.25, 0.3) is 0 Å². The van der Waals surface area contributed by atoms with Crippen molar-refractivity contribution in [3.63, 3.8) is 0 Å². The highest BCUT2D eigenvalue weighted by Gasteiger charge is 2.10. The average molecular weight is 267 g/mol. The number of hydrogen-bond donors (Lipinski definition) is 1. The molecule has 0 amide bonds. The van der Waals surface area contributed by atoms with E-state index in [0.717, 1.165) is 19.4 Å². The Kier molecular flexibility index (Phi) is 5.37. The summed E-state index contributed by atoms with van der Waals surface area (Å²) >= 11 is 0. The molecular weight excluding hydrogens is 242 g/mol. The molecule has 106 valence electrons. The molecule has 0 aliphatic rings. The lowest BCUT2D eigenvalue weighted by atomic mass is 9.97. The summed E-state index contributed by atoms with van der Waals surface area (Å²) in [6.45, 7) is 7.48. The second-order valence-electron chi connectivity index (χ2n) is 5.55. The van der Waals surface area contributed by atoms with Gasteiger partial charge in [0.05, 0.1) is 0 Å². The van der Waals surface area contributed by atoms with E-state index in [9.17, 15) is 0 Å². The summed E-state index contributed by atoms with van der Waals surface area (Å²) in [6.07, 6.45) is 2.26. The Balaban J connectivity index is 2.04. The highest BCUT2D eigenvalue weighted by molar-refractivity contribution is 5.26. The maximum atomic E-state index is 3.61. The predicted octanol–water partition coefficient (Wildman–Crippen LogP) is 4.59. The van der Waals surface area contributed by atoms with Crippen molar-refractivity contribution in [2.75, 3.05) is 6.54 Å². The molecule has 1 heteroatoms. The summed E-state index contributed by atoms with van der Waals surface area (Å²) in [5.74, 6) is 0. The molecule has 0 bridgehead atoms. The maximum Gasteiger partial charge on any atom is 0.0323 e. The van der Waals surface area contributed by atoms with Crippen LogP contribution in [0.15, 0.2) is 48.5 Å². The maximum absolute atomic E-state index is 3.61. The zero-order chi connectivity index (χ0) is 14.4. The number of benzene rings is 2. The fourth-order valence-electron chi connectivity index (χ4n) is 2.59. The Morgan fingerprint density at radius 1 is 0.950 bits per heavy atom. The van der Waals surface area contributed by atoms with Gasteiger partial charge in [-0.15, -0.1) is 0 Å². The number of hydrogen-bond acceptors (Lipinski definition) is 1. The largest absolute Gasteiger partial charge is 0.310 e. The number of aryl methyl sites for hydroxylation is 3. The average Bonchev–Trinajstić information content (AvgIpc) is 2.45. The highest BCUT2D eigenvalue weighted by atomic mass is 14.9. The van der Waals surface area contributed by atoms with Gasteiger partial charge >= 0.3 is 0 Å². The van der Waals surface area contributed by atoms with E-state index in [1.165, 1.54) is 22.3 Å². The normalized spacial score (nSPS) is 12.3. The van der Waals surface area contributed by atoms with Crippen molar-refractivity contribution in [2.24, 2.45) is 0 Å². The van der Waals surface area contributed by atoms with Crippen molar-refractivity contribution in [3.8, 4) is 0 Å². The smallest absolute Gasteiger partial charge is 0.0323 e. The van der Waals surface area contributed by atoms with Crippen LogP contribution in [0.4, 0.5) is 0 Å². The van der Waals surface area contributed by atoms with Gasteiger partial charge in [0.15, 0.2) is 0 Å². The third-order valence-corrected chi connectivity index (χ3v) is 3.74. The molecular formula is C19H25N. The Morgan fingerprint density at radius 3 is 2.35 bits per heavy atom. The molecule has 2 rings (SSSR count). The van der Waals surface area contributed by atoms with Crippen LogP contribution in [0.3, 0.4) is 0 Å². The van der Waals surface area contributed by atoms with Gasteiger partial charge in [0.2, 0.25) is 0 Å². The zero-order valence-corrected chi connectivity index (χ0v) is 12.8. The van der Waals surface area contributed by atoms with Gasteiger partial charge < -0.3 is 5.32 Å². The molecule has 0 saturated carbocycles. The third-order valence-electron chi connectivity index (χ3n) is 3.74. The molecule has 0 saturated heterocycles. The van der Waals surface area contributed by atoms with E-state index in [2.05, 4.69) is 74.6 Å². The van der Waals surface area contributed by atoms with E-state index in [4.69, 9.17) is 0 Å². The van der Waals surface area contributed by atoms with Crippen LogP contribution < -0.4 is 5.32 Å². The molecule has 1 unspecified atom stereocenters. The molecule has 0 aromatic heterocycles. The molecule has 0 aliphatic carbocycles. The molecule has 1 atom stereocenters. The zero-order valence-electron chi connectivity index (χ0n) is 12.8. The van der Waals surface area contributed by atoms with E-state index in [1.807, 2.05) is 0 Å². The van der Waals surface area contributed by atoms with Crippen LogP contribution in [0.1, 0.15) is 41.6 Å². The van der Waals surface area contributed by atoms with Crippen LogP contribution in [0, 0.1) is 13.8 Å². The Bertz CT molecular complexity index is 528. The highest BCUT2D eigenvalue weighted by Crippen LogP contribution is 2.20. The monoisotopic (exact) mass is 267 g/mol. The summed E-state index contributed by atoms with van der Waals surface area (Å²) in [4.78, 5) is 0. The Hall–Kier alpha value is -1.60. The van der Waals surface area contributed by atoms with Crippen LogP contribution >= 0.6 is 0 Å². The van der Waals surface area contributed by atoms with Crippen molar-refractivity contribution in [1.82, 2.24) is 5.32 Å². The minimum atomic E-state index is 0.446. The lowest BCUT2D eigenvalue weighted by Crippen LogP contribution is -2.21. The van der Waals surface area contributed by atoms with Gasteiger partial charge in [-0.3, -0.25) is 0 Å². The first-order valence-electron chi connectivity index (χ1n) is 7.54. The van der Waals surface area contributed by atoms with Gasteiger partial charge in [0.1, 0.15) is 0 Å². The summed E-state index contributed by atoms with van der Waals surface area (Å²) in [6, 6.07) is 18.2. The van der Waals surface area contributed by atoms with Crippen molar-refractivity contribution in [3.05, 3.63) is 70.8 Å². The number of nitrogens with one attached hydrogen (secondary N) is 1. The van der Waals surface area contributed by atoms with Gasteiger partial charge in [-0.25, -0.2) is 0 Å². The molecule has 0 radical (unpaired) electrons. The molecule has 0 fully saturated rings. The molecule has 0 heterocycles. The minimum absolute atomic E-state index is 0.446. The van der Waals surface area contributed by atoms with Gasteiger partial charge in [-0.1, -0.05) is 66.6 Å². The summed E-state index contributed by atoms with van der Waals surface area (Å²) < 4.78 is 0. The van der Waals surface area contributed by atoms with Crippen LogP contribution in [0.2, 0.25) is 0 Å². The molecule has 0 spiro atoms. The van der Waals surface area contributed by atoms with E-state index < -0.39 is 0 Å². The van der Waals surface area contributed by atoms with Crippen LogP contribution in [-0.2, 0) is 6.42 Å². The standard InChI is InChI=1S/C19H25N/c1-4-20-19(18-7-5-6-16(3)14-18)13-12-17-10-8-15(2)9-11-17/h5-11,14,19-20H,4,12-13H2,1-3H3. The first-order valence-corrected chi connectivity index (χ1v) is 7.54. The first-order chi connectivity index (χ1) is 9.69. The lowest BCUT2D eigenvalue weighted by Gasteiger charge is -2.19. The van der Waals surface area contributed by atoms with Gasteiger partial charge in [0, 0.05) is 6.04 Å². The van der Waals surface area contributed by atoms with Crippen LogP contribution in [-0.4, -0.2) is 6.54 Å². The van der Waals surface area contributed by atoms with E-state index in [1.54, 1.807) is 0 Å². The van der Waals surface area contributed by atoms with Crippen molar-refractivity contribution < 1.29 is 0 Å². The fraction of sp³-hybridized carbons (Fsp3) is 0.368. The number of rotatable bonds is 6. The Labute approximate surface area is 123 Å². The van der Waals surface area contributed by atoms with Crippen molar-refractivity contribution >= 4 is 0 Å². The Morgan fingerprint density at radius 2 is 1.70 bits per heavy atom. The molecule has 2 aromatic rings. The second kappa shape index (κ2) is 7.25. The summed E-state index contributed by atoms with van der Waals surface area (Å²) in [5.41, 5.74) is 5.49. The van der Waals surface area contributed by atoms with E-state index in [0.29, 0.717) is 6.04 Å². The van der Waals surface area contributed by atoms with Crippen molar-refractivity contribution in [1.29, 1.82) is 0 Å². The minimum Gasteiger partial charge on any atom is -0.310 e. The molecule has 20 heavy (non-hydrogen) atoms. The molecule has 1 N–H and O–H groups in total. The first kappa shape index (κ1) is 14.8. The topological polar surface area (TPSA) is 12.0 Å². The quantitative estimate of drug-likeness (QED) is 0.807. The van der Waals surface area contributed by atoms with Crippen LogP contribution in [0.5, 0.6) is 0 Å². The van der Waals surface area contributed by atoms with Gasteiger partial charge in [-0.2, -0.15) is 0 Å². The van der Waals surface area contributed by atoms with Crippen LogP contribution in [0.25, 0.3) is 0 Å². The summed E-state index contributed by atoms with van der Waals surface area (Å²) in [5, 5.41) is 3.61. The SMILES string of the molecule is CCNC(CCc1ccc(C)cc1)c1cccc(C)c1. The molecule has 2 aromatic carbocycles. The van der Waals surface area contributed by atoms with Crippen molar-refractivity contribution in [2.45, 2.75) is 39.7 Å². The predicted molar refractivity (Wildman–Crippen MR) is 87.1 cm³/mol. The second-order valence-corrected chi connectivity index (χ2v) is 5.55.